The van der Waals surface area contributed by atoms with Crippen LogP contribution in [0.25, 0.3) is 26.9 Å². The summed E-state index contributed by atoms with van der Waals surface area (Å²) in [6.45, 7) is 2.70. The average molecular weight is 511 g/mol. The zero-order chi connectivity index (χ0) is 23.8. The molecular formula is C23H18N4O4S3. The Morgan fingerprint density at radius 2 is 2.00 bits per heavy atom. The number of benzene rings is 1. The third kappa shape index (κ3) is 4.37. The summed E-state index contributed by atoms with van der Waals surface area (Å²) in [7, 11) is 0. The van der Waals surface area contributed by atoms with Crippen molar-refractivity contribution in [2.45, 2.75) is 19.9 Å². The quantitative estimate of drug-likeness (QED) is 0.215. The lowest BCUT2D eigenvalue weighted by molar-refractivity contribution is -0.380. The van der Waals surface area contributed by atoms with Crippen LogP contribution in [0.4, 0.5) is 10.0 Å². The summed E-state index contributed by atoms with van der Waals surface area (Å²) in [5, 5.41) is 15.4. The van der Waals surface area contributed by atoms with E-state index in [0.29, 0.717) is 29.4 Å². The van der Waals surface area contributed by atoms with E-state index in [1.807, 2.05) is 24.3 Å². The van der Waals surface area contributed by atoms with E-state index in [9.17, 15) is 19.7 Å². The second kappa shape index (κ2) is 9.09. The number of nitrogens with one attached hydrogen (secondary N) is 1. The van der Waals surface area contributed by atoms with Gasteiger partial charge in [-0.2, -0.15) is 0 Å². The van der Waals surface area contributed by atoms with Crippen LogP contribution < -0.4 is 5.32 Å². The molecule has 0 unspecified atom stereocenters. The number of aromatic nitrogens is 1. The molecule has 0 saturated heterocycles. The Morgan fingerprint density at radius 3 is 2.74 bits per heavy atom. The number of anilines is 1. The van der Waals surface area contributed by atoms with Gasteiger partial charge in [0, 0.05) is 40.9 Å². The van der Waals surface area contributed by atoms with Crippen molar-refractivity contribution in [1.82, 2.24) is 9.88 Å². The van der Waals surface area contributed by atoms with E-state index < -0.39 is 4.92 Å². The molecule has 1 N–H and O–H groups in total. The van der Waals surface area contributed by atoms with Gasteiger partial charge in [0.2, 0.25) is 11.8 Å². The van der Waals surface area contributed by atoms with Crippen molar-refractivity contribution in [2.75, 3.05) is 11.9 Å². The van der Waals surface area contributed by atoms with Crippen molar-refractivity contribution in [2.24, 2.45) is 0 Å². The van der Waals surface area contributed by atoms with E-state index in [-0.39, 0.29) is 16.8 Å². The van der Waals surface area contributed by atoms with Crippen LogP contribution in [0.1, 0.15) is 22.2 Å². The topological polar surface area (TPSA) is 105 Å². The predicted molar refractivity (Wildman–Crippen MR) is 136 cm³/mol. The minimum atomic E-state index is -0.452. The normalized spacial score (nSPS) is 13.4. The SMILES string of the molecule is CC(=O)N1CCc2c(sc(NC(=O)/C=C/c3ccc([N+](=O)[O-])s3)c2-c2nc3ccccc3s2)C1. The second-order valence-corrected chi connectivity index (χ2v) is 10.9. The minimum absolute atomic E-state index is 0.0270. The van der Waals surface area contributed by atoms with Crippen LogP contribution in [0.5, 0.6) is 0 Å². The zero-order valence-electron chi connectivity index (χ0n) is 17.9. The molecule has 0 bridgehead atoms. The van der Waals surface area contributed by atoms with Crippen LogP contribution in [0.3, 0.4) is 0 Å². The molecule has 0 spiro atoms. The van der Waals surface area contributed by atoms with Crippen LogP contribution in [0.2, 0.25) is 0 Å². The number of carbonyl (C=O) groups is 2. The van der Waals surface area contributed by atoms with Gasteiger partial charge in [-0.1, -0.05) is 23.5 Å². The molecule has 4 aromatic rings. The van der Waals surface area contributed by atoms with Gasteiger partial charge >= 0.3 is 5.00 Å². The Morgan fingerprint density at radius 1 is 1.18 bits per heavy atom. The number of hydrogen-bond acceptors (Lipinski definition) is 8. The Kier molecular flexibility index (Phi) is 5.98. The summed E-state index contributed by atoms with van der Waals surface area (Å²) < 4.78 is 1.06. The first-order chi connectivity index (χ1) is 16.4. The Balaban J connectivity index is 1.48. The van der Waals surface area contributed by atoms with Gasteiger partial charge in [0.25, 0.3) is 0 Å². The molecular weight excluding hydrogens is 492 g/mol. The summed E-state index contributed by atoms with van der Waals surface area (Å²) >= 11 is 4.05. The van der Waals surface area contributed by atoms with Crippen molar-refractivity contribution in [3.63, 3.8) is 0 Å². The number of carbonyl (C=O) groups excluding carboxylic acids is 2. The third-order valence-electron chi connectivity index (χ3n) is 5.44. The summed E-state index contributed by atoms with van der Waals surface area (Å²) in [6.07, 6.45) is 3.63. The van der Waals surface area contributed by atoms with Crippen LogP contribution in [-0.4, -0.2) is 33.2 Å². The number of rotatable bonds is 5. The summed E-state index contributed by atoms with van der Waals surface area (Å²) in [6, 6.07) is 10.9. The van der Waals surface area contributed by atoms with Gasteiger partial charge in [0.1, 0.15) is 10.0 Å². The van der Waals surface area contributed by atoms with E-state index in [1.54, 1.807) is 35.3 Å². The molecule has 4 heterocycles. The maximum atomic E-state index is 12.8. The highest BCUT2D eigenvalue weighted by atomic mass is 32.1. The average Bonchev–Trinajstić information content (AvgIpc) is 3.53. The van der Waals surface area contributed by atoms with Crippen LogP contribution in [0.15, 0.2) is 42.5 Å². The largest absolute Gasteiger partial charge is 0.337 e. The number of hydrogen-bond donors (Lipinski definition) is 1. The Labute approximate surface area is 206 Å². The molecule has 1 aromatic carbocycles. The van der Waals surface area contributed by atoms with E-state index in [0.717, 1.165) is 42.6 Å². The first kappa shape index (κ1) is 22.4. The number of nitro groups is 1. The molecule has 2 amide bonds. The number of fused-ring (bicyclic) bond motifs is 2. The highest BCUT2D eigenvalue weighted by molar-refractivity contribution is 7.23. The number of nitrogens with zero attached hydrogens (tertiary/aromatic N) is 3. The molecule has 34 heavy (non-hydrogen) atoms. The smallest absolute Gasteiger partial charge is 0.324 e. The maximum absolute atomic E-state index is 12.8. The first-order valence-electron chi connectivity index (χ1n) is 10.4. The van der Waals surface area contributed by atoms with Crippen LogP contribution >= 0.6 is 34.0 Å². The van der Waals surface area contributed by atoms with E-state index in [4.69, 9.17) is 4.98 Å². The van der Waals surface area contributed by atoms with Gasteiger partial charge in [0.05, 0.1) is 21.7 Å². The predicted octanol–water partition coefficient (Wildman–Crippen LogP) is 5.55. The maximum Gasteiger partial charge on any atom is 0.324 e. The summed E-state index contributed by atoms with van der Waals surface area (Å²) in [5.41, 5.74) is 2.94. The van der Waals surface area contributed by atoms with Gasteiger partial charge in [-0.25, -0.2) is 4.98 Å². The number of thiazole rings is 1. The summed E-state index contributed by atoms with van der Waals surface area (Å²) in [5.74, 6) is -0.306. The molecule has 0 atom stereocenters. The molecule has 1 aliphatic rings. The zero-order valence-corrected chi connectivity index (χ0v) is 20.4. The minimum Gasteiger partial charge on any atom is -0.337 e. The fourth-order valence-corrected chi connectivity index (χ4v) is 6.91. The Bertz CT molecular complexity index is 1430. The fourth-order valence-electron chi connectivity index (χ4n) is 3.81. The summed E-state index contributed by atoms with van der Waals surface area (Å²) in [4.78, 5) is 43.4. The van der Waals surface area contributed by atoms with Crippen LogP contribution in [0, 0.1) is 10.1 Å². The molecule has 3 aromatic heterocycles. The lowest BCUT2D eigenvalue weighted by atomic mass is 10.0. The van der Waals surface area contributed by atoms with Crippen molar-refractivity contribution >= 4 is 72.1 Å². The standard InChI is InChI=1S/C23H18N4O4S3/c1-13(28)26-11-10-15-18(12-26)34-23(21(15)22-24-16-4-2-3-5-17(16)33-22)25-19(29)8-6-14-7-9-20(32-14)27(30)31/h2-9H,10-12H2,1H3,(H,25,29)/b8-6+. The molecule has 0 saturated carbocycles. The lowest BCUT2D eigenvalue weighted by Crippen LogP contribution is -2.33. The van der Waals surface area contributed by atoms with Crippen LogP contribution in [-0.2, 0) is 22.6 Å². The third-order valence-corrected chi connectivity index (χ3v) is 8.63. The van der Waals surface area contributed by atoms with Crippen molar-refractivity contribution in [1.29, 1.82) is 0 Å². The molecule has 8 nitrogen and oxygen atoms in total. The molecule has 0 radical (unpaired) electrons. The van der Waals surface area contributed by atoms with Gasteiger partial charge in [-0.05, 0) is 36.3 Å². The van der Waals surface area contributed by atoms with Gasteiger partial charge < -0.3 is 10.2 Å². The van der Waals surface area contributed by atoms with Gasteiger partial charge in [-0.3, -0.25) is 19.7 Å². The molecule has 172 valence electrons. The molecule has 11 heteroatoms. The number of amides is 2. The van der Waals surface area contributed by atoms with Crippen molar-refractivity contribution < 1.29 is 14.5 Å². The first-order valence-corrected chi connectivity index (χ1v) is 12.8. The highest BCUT2D eigenvalue weighted by Crippen LogP contribution is 2.45. The molecule has 0 fully saturated rings. The number of thiophene rings is 2. The van der Waals surface area contributed by atoms with Crippen molar-refractivity contribution in [3.05, 3.63) is 67.9 Å². The molecule has 1 aliphatic heterocycles. The lowest BCUT2D eigenvalue weighted by Gasteiger charge is -2.25. The Hall–Kier alpha value is -3.41. The van der Waals surface area contributed by atoms with E-state index in [1.165, 1.54) is 23.5 Å². The van der Waals surface area contributed by atoms with E-state index in [2.05, 4.69) is 5.32 Å². The van der Waals surface area contributed by atoms with Crippen molar-refractivity contribution in [3.8, 4) is 10.6 Å². The van der Waals surface area contributed by atoms with Gasteiger partial charge in [0.15, 0.2) is 0 Å². The molecule has 5 rings (SSSR count). The number of para-hydroxylation sites is 1. The molecule has 0 aliphatic carbocycles. The monoisotopic (exact) mass is 510 g/mol. The van der Waals surface area contributed by atoms with Gasteiger partial charge in [-0.15, -0.1) is 22.7 Å². The second-order valence-electron chi connectivity index (χ2n) is 7.64. The highest BCUT2D eigenvalue weighted by Gasteiger charge is 2.28. The fraction of sp³-hybridized carbons (Fsp3) is 0.174. The van der Waals surface area contributed by atoms with E-state index >= 15 is 0 Å².